The number of methoxy groups -OCH3 is 1. The Labute approximate surface area is 139 Å². The van der Waals surface area contributed by atoms with E-state index in [-0.39, 0.29) is 17.6 Å². The highest BCUT2D eigenvalue weighted by molar-refractivity contribution is 7.99. The molecule has 1 aromatic carbocycles. The average molecular weight is 336 g/mol. The number of fused-ring (bicyclic) bond motifs is 1. The molecule has 0 fully saturated rings. The molecule has 2 atom stereocenters. The summed E-state index contributed by atoms with van der Waals surface area (Å²) in [7, 11) is 1.32. The number of aromatic nitrogens is 1. The molecule has 0 saturated heterocycles. The molecule has 0 aliphatic rings. The Bertz CT molecular complexity index is 653. The van der Waals surface area contributed by atoms with Crippen molar-refractivity contribution in [1.29, 1.82) is 0 Å². The molecule has 7 heteroatoms. The molecule has 6 nitrogen and oxygen atoms in total. The molecular formula is C16H20N2O4S. The van der Waals surface area contributed by atoms with Crippen LogP contribution in [0.4, 0.5) is 0 Å². The molecule has 0 unspecified atom stereocenters. The highest BCUT2D eigenvalue weighted by Crippen LogP contribution is 2.23. The van der Waals surface area contributed by atoms with Crippen molar-refractivity contribution in [1.82, 2.24) is 10.3 Å². The Hall–Kier alpha value is -2.02. The Morgan fingerprint density at radius 1 is 1.39 bits per heavy atom. The van der Waals surface area contributed by atoms with E-state index in [2.05, 4.69) is 10.3 Å². The minimum Gasteiger partial charge on any atom is -0.467 e. The SMILES string of the molecule is CC[C@H](C)[C@@H](NC(=O)CSc1nc2ccccc2o1)C(=O)OC. The van der Waals surface area contributed by atoms with E-state index in [4.69, 9.17) is 9.15 Å². The van der Waals surface area contributed by atoms with Crippen LogP contribution in [-0.4, -0.2) is 35.8 Å². The molecule has 0 aliphatic heterocycles. The summed E-state index contributed by atoms with van der Waals surface area (Å²) in [4.78, 5) is 28.1. The third kappa shape index (κ3) is 4.48. The number of nitrogens with one attached hydrogen (secondary N) is 1. The van der Waals surface area contributed by atoms with Crippen LogP contribution in [0.5, 0.6) is 0 Å². The molecular weight excluding hydrogens is 316 g/mol. The fraction of sp³-hybridized carbons (Fsp3) is 0.438. The number of nitrogens with zero attached hydrogens (tertiary/aromatic N) is 1. The van der Waals surface area contributed by atoms with Gasteiger partial charge in [0.1, 0.15) is 11.6 Å². The second-order valence-electron chi connectivity index (χ2n) is 5.19. The molecule has 0 radical (unpaired) electrons. The van der Waals surface area contributed by atoms with Gasteiger partial charge in [-0.2, -0.15) is 0 Å². The van der Waals surface area contributed by atoms with E-state index in [1.807, 2.05) is 38.1 Å². The number of ether oxygens (including phenoxy) is 1. The quantitative estimate of drug-likeness (QED) is 0.618. The first kappa shape index (κ1) is 17.3. The molecule has 0 aliphatic carbocycles. The molecule has 0 bridgehead atoms. The number of esters is 1. The Balaban J connectivity index is 1.94. The number of amides is 1. The number of hydrogen-bond acceptors (Lipinski definition) is 6. The van der Waals surface area contributed by atoms with Crippen LogP contribution in [0.2, 0.25) is 0 Å². The van der Waals surface area contributed by atoms with Crippen LogP contribution < -0.4 is 5.32 Å². The van der Waals surface area contributed by atoms with Crippen LogP contribution in [0, 0.1) is 5.92 Å². The molecule has 2 aromatic rings. The van der Waals surface area contributed by atoms with Crippen LogP contribution >= 0.6 is 11.8 Å². The third-order valence-corrected chi connectivity index (χ3v) is 4.41. The number of carbonyl (C=O) groups excluding carboxylic acids is 2. The molecule has 1 heterocycles. The molecule has 124 valence electrons. The zero-order chi connectivity index (χ0) is 16.8. The van der Waals surface area contributed by atoms with Gasteiger partial charge in [0.15, 0.2) is 5.58 Å². The molecule has 0 spiro atoms. The molecule has 0 saturated carbocycles. The first-order valence-corrected chi connectivity index (χ1v) is 8.39. The summed E-state index contributed by atoms with van der Waals surface area (Å²) in [5.74, 6) is -0.565. The van der Waals surface area contributed by atoms with E-state index in [0.717, 1.165) is 11.9 Å². The number of para-hydroxylation sites is 2. The fourth-order valence-electron chi connectivity index (χ4n) is 2.05. The van der Waals surface area contributed by atoms with Gasteiger partial charge in [-0.25, -0.2) is 9.78 Å². The standard InChI is InChI=1S/C16H20N2O4S/c1-4-10(2)14(15(20)21-3)18-13(19)9-23-16-17-11-7-5-6-8-12(11)22-16/h5-8,10,14H,4,9H2,1-3H3,(H,18,19)/t10-,14+/m0/s1. The van der Waals surface area contributed by atoms with Gasteiger partial charge in [0.25, 0.3) is 5.22 Å². The lowest BCUT2D eigenvalue weighted by Gasteiger charge is -2.21. The summed E-state index contributed by atoms with van der Waals surface area (Å²) in [5.41, 5.74) is 1.44. The van der Waals surface area contributed by atoms with E-state index < -0.39 is 12.0 Å². The summed E-state index contributed by atoms with van der Waals surface area (Å²) in [6, 6.07) is 6.77. The van der Waals surface area contributed by atoms with Gasteiger partial charge >= 0.3 is 5.97 Å². The fourth-order valence-corrected chi connectivity index (χ4v) is 2.70. The van der Waals surface area contributed by atoms with Gasteiger partial charge in [-0.1, -0.05) is 44.2 Å². The van der Waals surface area contributed by atoms with Crippen LogP contribution in [0.15, 0.2) is 33.9 Å². The summed E-state index contributed by atoms with van der Waals surface area (Å²) in [5, 5.41) is 3.15. The molecule has 1 aromatic heterocycles. The zero-order valence-electron chi connectivity index (χ0n) is 13.4. The summed E-state index contributed by atoms with van der Waals surface area (Å²) < 4.78 is 10.3. The largest absolute Gasteiger partial charge is 0.467 e. The average Bonchev–Trinajstić information content (AvgIpc) is 2.99. The van der Waals surface area contributed by atoms with E-state index in [9.17, 15) is 9.59 Å². The van der Waals surface area contributed by atoms with Gasteiger partial charge in [0, 0.05) is 0 Å². The maximum atomic E-state index is 12.1. The Morgan fingerprint density at radius 3 is 2.78 bits per heavy atom. The molecule has 2 rings (SSSR count). The van der Waals surface area contributed by atoms with Crippen LogP contribution in [0.1, 0.15) is 20.3 Å². The van der Waals surface area contributed by atoms with E-state index in [1.165, 1.54) is 18.9 Å². The predicted molar refractivity (Wildman–Crippen MR) is 88.1 cm³/mol. The topological polar surface area (TPSA) is 81.4 Å². The van der Waals surface area contributed by atoms with Crippen LogP contribution in [0.25, 0.3) is 11.1 Å². The zero-order valence-corrected chi connectivity index (χ0v) is 14.2. The van der Waals surface area contributed by atoms with Gasteiger partial charge in [0.2, 0.25) is 5.91 Å². The predicted octanol–water partition coefficient (Wildman–Crippen LogP) is 2.62. The van der Waals surface area contributed by atoms with E-state index in [0.29, 0.717) is 10.8 Å². The normalized spacial score (nSPS) is 13.5. The van der Waals surface area contributed by atoms with Gasteiger partial charge in [0.05, 0.1) is 12.9 Å². The first-order valence-electron chi connectivity index (χ1n) is 7.40. The molecule has 1 amide bonds. The van der Waals surface area contributed by atoms with E-state index >= 15 is 0 Å². The Kier molecular flexibility index (Phi) is 6.04. The van der Waals surface area contributed by atoms with Gasteiger partial charge < -0.3 is 14.5 Å². The molecule has 23 heavy (non-hydrogen) atoms. The lowest BCUT2D eigenvalue weighted by atomic mass is 9.99. The highest BCUT2D eigenvalue weighted by atomic mass is 32.2. The van der Waals surface area contributed by atoms with Crippen LogP contribution in [-0.2, 0) is 14.3 Å². The van der Waals surface area contributed by atoms with Gasteiger partial charge in [-0.05, 0) is 18.1 Å². The number of carbonyl (C=O) groups is 2. The number of rotatable bonds is 7. The number of oxazole rings is 1. The minimum absolute atomic E-state index is 0.000672. The third-order valence-electron chi connectivity index (χ3n) is 3.59. The number of thioether (sulfide) groups is 1. The second kappa shape index (κ2) is 8.01. The smallest absolute Gasteiger partial charge is 0.328 e. The second-order valence-corrected chi connectivity index (χ2v) is 6.12. The lowest BCUT2D eigenvalue weighted by molar-refractivity contribution is -0.146. The summed E-state index contributed by atoms with van der Waals surface area (Å²) in [6.07, 6.45) is 0.762. The van der Waals surface area contributed by atoms with Crippen molar-refractivity contribution in [3.05, 3.63) is 24.3 Å². The monoisotopic (exact) mass is 336 g/mol. The van der Waals surface area contributed by atoms with Crippen molar-refractivity contribution in [3.8, 4) is 0 Å². The minimum atomic E-state index is -0.637. The van der Waals surface area contributed by atoms with Gasteiger partial charge in [-0.15, -0.1) is 0 Å². The number of benzene rings is 1. The Morgan fingerprint density at radius 2 is 2.13 bits per heavy atom. The lowest BCUT2D eigenvalue weighted by Crippen LogP contribution is -2.46. The highest BCUT2D eigenvalue weighted by Gasteiger charge is 2.26. The van der Waals surface area contributed by atoms with Crippen molar-refractivity contribution >= 4 is 34.7 Å². The van der Waals surface area contributed by atoms with Gasteiger partial charge in [-0.3, -0.25) is 4.79 Å². The maximum Gasteiger partial charge on any atom is 0.328 e. The number of hydrogen-bond donors (Lipinski definition) is 1. The van der Waals surface area contributed by atoms with Crippen molar-refractivity contribution in [2.75, 3.05) is 12.9 Å². The van der Waals surface area contributed by atoms with Crippen LogP contribution in [0.3, 0.4) is 0 Å². The van der Waals surface area contributed by atoms with Crippen molar-refractivity contribution < 1.29 is 18.7 Å². The van der Waals surface area contributed by atoms with Crippen molar-refractivity contribution in [3.63, 3.8) is 0 Å². The van der Waals surface area contributed by atoms with E-state index in [1.54, 1.807) is 0 Å². The summed E-state index contributed by atoms with van der Waals surface area (Å²) >= 11 is 1.19. The maximum absolute atomic E-state index is 12.1. The first-order chi connectivity index (χ1) is 11.0. The summed E-state index contributed by atoms with van der Waals surface area (Å²) in [6.45, 7) is 3.86. The molecule has 1 N–H and O–H groups in total. The van der Waals surface area contributed by atoms with Crippen molar-refractivity contribution in [2.45, 2.75) is 31.5 Å². The van der Waals surface area contributed by atoms with Crippen molar-refractivity contribution in [2.24, 2.45) is 5.92 Å².